The summed E-state index contributed by atoms with van der Waals surface area (Å²) in [6.45, 7) is 18.3. The normalized spacial score (nSPS) is 16.9. The Morgan fingerprint density at radius 2 is 1.50 bits per heavy atom. The fourth-order valence-electron chi connectivity index (χ4n) is 3.46. The molecule has 2 N–H and O–H groups in total. The van der Waals surface area contributed by atoms with Gasteiger partial charge in [0.25, 0.3) is 0 Å². The van der Waals surface area contributed by atoms with Gasteiger partial charge in [0.15, 0.2) is 0 Å². The highest BCUT2D eigenvalue weighted by atomic mass is 15.2. The summed E-state index contributed by atoms with van der Waals surface area (Å²) in [5.41, 5.74) is 6.49. The van der Waals surface area contributed by atoms with Crippen LogP contribution in [0, 0.1) is 11.8 Å². The molecule has 0 aliphatic rings. The van der Waals surface area contributed by atoms with Crippen molar-refractivity contribution >= 4 is 0 Å². The maximum atomic E-state index is 6.30. The highest BCUT2D eigenvalue weighted by molar-refractivity contribution is 4.95. The molecule has 2 unspecified atom stereocenters. The van der Waals surface area contributed by atoms with Gasteiger partial charge in [-0.2, -0.15) is 0 Å². The second-order valence-electron chi connectivity index (χ2n) is 7.02. The van der Waals surface area contributed by atoms with Crippen molar-refractivity contribution in [2.75, 3.05) is 13.1 Å². The van der Waals surface area contributed by atoms with Gasteiger partial charge in [-0.05, 0) is 37.5 Å². The number of hydrogen-bond acceptors (Lipinski definition) is 2. The van der Waals surface area contributed by atoms with E-state index >= 15 is 0 Å². The Morgan fingerprint density at radius 3 is 1.80 bits per heavy atom. The van der Waals surface area contributed by atoms with Crippen molar-refractivity contribution in [2.45, 2.75) is 92.2 Å². The number of rotatable bonds is 11. The lowest BCUT2D eigenvalue weighted by Gasteiger charge is -2.49. The van der Waals surface area contributed by atoms with Crippen molar-refractivity contribution in [1.29, 1.82) is 0 Å². The molecule has 0 saturated carbocycles. The van der Waals surface area contributed by atoms with Gasteiger partial charge in [0.1, 0.15) is 0 Å². The van der Waals surface area contributed by atoms with Crippen LogP contribution in [0.25, 0.3) is 0 Å². The van der Waals surface area contributed by atoms with Crippen LogP contribution in [0.1, 0.15) is 80.6 Å². The first-order valence-electron chi connectivity index (χ1n) is 8.87. The zero-order valence-corrected chi connectivity index (χ0v) is 15.2. The fraction of sp³-hybridized carbons (Fsp3) is 1.00. The monoisotopic (exact) mass is 284 g/mol. The molecule has 0 aromatic heterocycles. The average Bonchev–Trinajstić information content (AvgIpc) is 2.44. The van der Waals surface area contributed by atoms with Crippen LogP contribution in [0.3, 0.4) is 0 Å². The molecule has 20 heavy (non-hydrogen) atoms. The predicted octanol–water partition coefficient (Wildman–Crippen LogP) is 4.68. The van der Waals surface area contributed by atoms with Gasteiger partial charge in [0, 0.05) is 24.7 Å². The van der Waals surface area contributed by atoms with Gasteiger partial charge in [-0.1, -0.05) is 54.9 Å². The van der Waals surface area contributed by atoms with Gasteiger partial charge in [-0.3, -0.25) is 4.90 Å². The summed E-state index contributed by atoms with van der Waals surface area (Å²) in [5.74, 6) is 1.45. The van der Waals surface area contributed by atoms with E-state index in [1.54, 1.807) is 0 Å². The maximum Gasteiger partial charge on any atom is 0.0334 e. The first-order chi connectivity index (χ1) is 9.40. The zero-order chi connectivity index (χ0) is 15.8. The molecule has 2 nitrogen and oxygen atoms in total. The second-order valence-corrected chi connectivity index (χ2v) is 7.02. The molecule has 0 saturated heterocycles. The quantitative estimate of drug-likeness (QED) is 0.597. The van der Waals surface area contributed by atoms with Crippen molar-refractivity contribution in [3.8, 4) is 0 Å². The topological polar surface area (TPSA) is 29.3 Å². The zero-order valence-electron chi connectivity index (χ0n) is 15.2. The van der Waals surface area contributed by atoms with E-state index in [0.29, 0.717) is 12.0 Å². The Hall–Kier alpha value is -0.0800. The lowest BCUT2D eigenvalue weighted by molar-refractivity contribution is 0.0121. The van der Waals surface area contributed by atoms with Crippen LogP contribution in [-0.4, -0.2) is 29.6 Å². The summed E-state index contributed by atoms with van der Waals surface area (Å²) >= 11 is 0. The molecule has 122 valence electrons. The summed E-state index contributed by atoms with van der Waals surface area (Å²) in [6, 6.07) is 0.671. The van der Waals surface area contributed by atoms with Crippen LogP contribution >= 0.6 is 0 Å². The Bertz CT molecular complexity index is 230. The van der Waals surface area contributed by atoms with Crippen molar-refractivity contribution in [2.24, 2.45) is 17.6 Å². The molecular formula is C18H40N2. The summed E-state index contributed by atoms with van der Waals surface area (Å²) in [5, 5.41) is 0. The van der Waals surface area contributed by atoms with E-state index in [-0.39, 0.29) is 5.54 Å². The molecular weight excluding hydrogens is 244 g/mol. The lowest BCUT2D eigenvalue weighted by Crippen LogP contribution is -2.59. The first kappa shape index (κ1) is 19.9. The van der Waals surface area contributed by atoms with E-state index in [9.17, 15) is 0 Å². The summed E-state index contributed by atoms with van der Waals surface area (Å²) in [6.07, 6.45) is 6.11. The van der Waals surface area contributed by atoms with Gasteiger partial charge >= 0.3 is 0 Å². The molecule has 0 fully saturated rings. The standard InChI is InChI=1S/C18H40N2/c1-8-16(7)12-18(11-4,14-19)20(13-15(5)6)17(9-2)10-3/h15-17H,8-14,19H2,1-7H3. The summed E-state index contributed by atoms with van der Waals surface area (Å²) < 4.78 is 0. The summed E-state index contributed by atoms with van der Waals surface area (Å²) in [7, 11) is 0. The Labute approximate surface area is 128 Å². The van der Waals surface area contributed by atoms with Gasteiger partial charge in [0.2, 0.25) is 0 Å². The molecule has 0 spiro atoms. The van der Waals surface area contributed by atoms with Crippen LogP contribution in [0.5, 0.6) is 0 Å². The molecule has 0 aliphatic carbocycles. The molecule has 0 bridgehead atoms. The Kier molecular flexibility index (Phi) is 9.74. The third-order valence-corrected chi connectivity index (χ3v) is 5.02. The first-order valence-corrected chi connectivity index (χ1v) is 8.87. The minimum Gasteiger partial charge on any atom is -0.329 e. The van der Waals surface area contributed by atoms with E-state index in [2.05, 4.69) is 53.4 Å². The lowest BCUT2D eigenvalue weighted by atomic mass is 9.81. The third kappa shape index (κ3) is 5.37. The van der Waals surface area contributed by atoms with Crippen LogP contribution in [-0.2, 0) is 0 Å². The van der Waals surface area contributed by atoms with Gasteiger partial charge in [-0.15, -0.1) is 0 Å². The van der Waals surface area contributed by atoms with Crippen LogP contribution in [0.4, 0.5) is 0 Å². The second kappa shape index (κ2) is 9.78. The third-order valence-electron chi connectivity index (χ3n) is 5.02. The molecule has 0 aromatic rings. The van der Waals surface area contributed by atoms with Crippen LogP contribution in [0.15, 0.2) is 0 Å². The van der Waals surface area contributed by atoms with Gasteiger partial charge in [-0.25, -0.2) is 0 Å². The number of nitrogens with zero attached hydrogens (tertiary/aromatic N) is 1. The van der Waals surface area contributed by atoms with E-state index in [0.717, 1.165) is 18.9 Å². The van der Waals surface area contributed by atoms with Crippen molar-refractivity contribution < 1.29 is 0 Å². The number of hydrogen-bond donors (Lipinski definition) is 1. The minimum absolute atomic E-state index is 0.191. The maximum absolute atomic E-state index is 6.30. The molecule has 0 radical (unpaired) electrons. The van der Waals surface area contributed by atoms with Gasteiger partial charge < -0.3 is 5.73 Å². The molecule has 0 amide bonds. The fourth-order valence-corrected chi connectivity index (χ4v) is 3.46. The van der Waals surface area contributed by atoms with Crippen LogP contribution < -0.4 is 5.73 Å². The van der Waals surface area contributed by atoms with E-state index < -0.39 is 0 Å². The predicted molar refractivity (Wildman–Crippen MR) is 92.1 cm³/mol. The Balaban J connectivity index is 5.37. The molecule has 0 rings (SSSR count). The van der Waals surface area contributed by atoms with E-state index in [4.69, 9.17) is 5.73 Å². The SMILES string of the molecule is CCC(C)CC(CC)(CN)N(CC(C)C)C(CC)CC. The smallest absolute Gasteiger partial charge is 0.0334 e. The average molecular weight is 285 g/mol. The van der Waals surface area contributed by atoms with Crippen LogP contribution in [0.2, 0.25) is 0 Å². The molecule has 0 aliphatic heterocycles. The Morgan fingerprint density at radius 1 is 0.950 bits per heavy atom. The van der Waals surface area contributed by atoms with E-state index in [1.165, 1.54) is 32.2 Å². The molecule has 2 heteroatoms. The minimum atomic E-state index is 0.191. The van der Waals surface area contributed by atoms with Crippen molar-refractivity contribution in [3.63, 3.8) is 0 Å². The largest absolute Gasteiger partial charge is 0.329 e. The van der Waals surface area contributed by atoms with Gasteiger partial charge in [0.05, 0.1) is 0 Å². The van der Waals surface area contributed by atoms with Crippen molar-refractivity contribution in [1.82, 2.24) is 4.90 Å². The summed E-state index contributed by atoms with van der Waals surface area (Å²) in [4.78, 5) is 2.77. The highest BCUT2D eigenvalue weighted by Gasteiger charge is 2.38. The molecule has 2 atom stereocenters. The molecule has 0 aromatic carbocycles. The number of nitrogens with two attached hydrogens (primary N) is 1. The van der Waals surface area contributed by atoms with Crippen molar-refractivity contribution in [3.05, 3.63) is 0 Å². The van der Waals surface area contributed by atoms with E-state index in [1.807, 2.05) is 0 Å². The molecule has 0 heterocycles. The highest BCUT2D eigenvalue weighted by Crippen LogP contribution is 2.32.